The quantitative estimate of drug-likeness (QED) is 0.741. The minimum absolute atomic E-state index is 0.0508. The number of carbonyl (C=O) groups is 1. The van der Waals surface area contributed by atoms with Gasteiger partial charge in [0.2, 0.25) is 10.0 Å². The Hall–Kier alpha value is -0.660. The molecule has 0 aromatic carbocycles. The van der Waals surface area contributed by atoms with Crippen LogP contribution >= 0.6 is 0 Å². The first-order valence-corrected chi connectivity index (χ1v) is 7.80. The Labute approximate surface area is 108 Å². The molecule has 1 saturated heterocycles. The van der Waals surface area contributed by atoms with Gasteiger partial charge in [-0.05, 0) is 19.8 Å². The van der Waals surface area contributed by atoms with Crippen molar-refractivity contribution in [3.63, 3.8) is 0 Å². The fraction of sp³-hybridized carbons (Fsp3) is 0.909. The van der Waals surface area contributed by atoms with E-state index >= 15 is 0 Å². The summed E-state index contributed by atoms with van der Waals surface area (Å²) in [4.78, 5) is 10.7. The van der Waals surface area contributed by atoms with Crippen molar-refractivity contribution in [2.24, 2.45) is 0 Å². The second kappa shape index (κ2) is 6.49. The van der Waals surface area contributed by atoms with E-state index < -0.39 is 22.0 Å². The van der Waals surface area contributed by atoms with Gasteiger partial charge in [-0.1, -0.05) is 6.92 Å². The van der Waals surface area contributed by atoms with E-state index in [1.165, 1.54) is 4.31 Å². The zero-order chi connectivity index (χ0) is 13.8. The Morgan fingerprint density at radius 2 is 2.22 bits per heavy atom. The molecule has 1 fully saturated rings. The Bertz CT molecular complexity index is 375. The van der Waals surface area contributed by atoms with E-state index in [0.29, 0.717) is 6.61 Å². The molecule has 0 aliphatic carbocycles. The molecule has 0 radical (unpaired) electrons. The second-order valence-electron chi connectivity index (χ2n) is 4.56. The van der Waals surface area contributed by atoms with Crippen LogP contribution in [0.1, 0.15) is 33.1 Å². The molecule has 1 heterocycles. The standard InChI is InChI=1S/C11H21NO5S/c1-3-12(9(2)7-11(13)14)18(15,16)8-10-5-4-6-17-10/h9-10H,3-8H2,1-2H3,(H,13,14). The summed E-state index contributed by atoms with van der Waals surface area (Å²) in [6.07, 6.45) is 1.21. The van der Waals surface area contributed by atoms with Gasteiger partial charge in [0.15, 0.2) is 0 Å². The van der Waals surface area contributed by atoms with Crippen molar-refractivity contribution in [3.05, 3.63) is 0 Å². The number of aliphatic carboxylic acids is 1. The van der Waals surface area contributed by atoms with Crippen molar-refractivity contribution < 1.29 is 23.1 Å². The third-order valence-corrected chi connectivity index (χ3v) is 5.18. The van der Waals surface area contributed by atoms with Crippen molar-refractivity contribution >= 4 is 16.0 Å². The van der Waals surface area contributed by atoms with Gasteiger partial charge in [0.05, 0.1) is 18.3 Å². The number of hydrogen-bond acceptors (Lipinski definition) is 4. The minimum Gasteiger partial charge on any atom is -0.481 e. The molecule has 0 amide bonds. The third-order valence-electron chi connectivity index (χ3n) is 3.05. The van der Waals surface area contributed by atoms with Gasteiger partial charge in [-0.3, -0.25) is 4.79 Å². The molecule has 1 aliphatic heterocycles. The van der Waals surface area contributed by atoms with Crippen LogP contribution < -0.4 is 0 Å². The lowest BCUT2D eigenvalue weighted by atomic mass is 10.2. The van der Waals surface area contributed by atoms with Gasteiger partial charge in [-0.15, -0.1) is 0 Å². The molecule has 7 heteroatoms. The lowest BCUT2D eigenvalue weighted by Crippen LogP contribution is -2.43. The maximum absolute atomic E-state index is 12.2. The number of carboxylic acids is 1. The molecule has 0 saturated carbocycles. The molecule has 0 aromatic heterocycles. The molecule has 1 aliphatic rings. The topological polar surface area (TPSA) is 83.9 Å². The summed E-state index contributed by atoms with van der Waals surface area (Å²) >= 11 is 0. The number of nitrogens with zero attached hydrogens (tertiary/aromatic N) is 1. The van der Waals surface area contributed by atoms with E-state index in [2.05, 4.69) is 0 Å². The minimum atomic E-state index is -3.46. The van der Waals surface area contributed by atoms with E-state index in [0.717, 1.165) is 12.8 Å². The summed E-state index contributed by atoms with van der Waals surface area (Å²) in [5, 5.41) is 8.73. The molecule has 2 unspecified atom stereocenters. The van der Waals surface area contributed by atoms with Gasteiger partial charge in [0.1, 0.15) is 0 Å². The zero-order valence-electron chi connectivity index (χ0n) is 10.8. The highest BCUT2D eigenvalue weighted by Gasteiger charge is 2.31. The first kappa shape index (κ1) is 15.4. The number of rotatable bonds is 7. The number of carboxylic acid groups (broad SMARTS) is 1. The van der Waals surface area contributed by atoms with Crippen LogP contribution in [0.2, 0.25) is 0 Å². The van der Waals surface area contributed by atoms with Crippen LogP contribution in [0.15, 0.2) is 0 Å². The number of hydrogen-bond donors (Lipinski definition) is 1. The van der Waals surface area contributed by atoms with Crippen molar-refractivity contribution in [1.29, 1.82) is 0 Å². The second-order valence-corrected chi connectivity index (χ2v) is 6.53. The van der Waals surface area contributed by atoms with Gasteiger partial charge in [0.25, 0.3) is 0 Å². The predicted molar refractivity (Wildman–Crippen MR) is 66.9 cm³/mol. The van der Waals surface area contributed by atoms with Gasteiger partial charge in [0, 0.05) is 19.2 Å². The molecule has 1 rings (SSSR count). The first-order chi connectivity index (χ1) is 8.36. The van der Waals surface area contributed by atoms with Gasteiger partial charge in [-0.2, -0.15) is 4.31 Å². The summed E-state index contributed by atoms with van der Waals surface area (Å²) in [7, 11) is -3.46. The van der Waals surface area contributed by atoms with Crippen molar-refractivity contribution in [3.8, 4) is 0 Å². The molecule has 0 bridgehead atoms. The molecule has 6 nitrogen and oxygen atoms in total. The van der Waals surface area contributed by atoms with Gasteiger partial charge < -0.3 is 9.84 Å². The summed E-state index contributed by atoms with van der Waals surface area (Å²) in [5.41, 5.74) is 0. The molecular weight excluding hydrogens is 258 g/mol. The molecular formula is C11H21NO5S. The number of ether oxygens (including phenoxy) is 1. The largest absolute Gasteiger partial charge is 0.481 e. The zero-order valence-corrected chi connectivity index (χ0v) is 11.6. The molecule has 0 aromatic rings. The molecule has 106 valence electrons. The van der Waals surface area contributed by atoms with Crippen LogP contribution in [0.5, 0.6) is 0 Å². The third kappa shape index (κ3) is 4.22. The average Bonchev–Trinajstić information content (AvgIpc) is 2.68. The summed E-state index contributed by atoms with van der Waals surface area (Å²) < 4.78 is 31.0. The van der Waals surface area contributed by atoms with E-state index in [1.54, 1.807) is 13.8 Å². The normalized spacial score (nSPS) is 22.3. The molecule has 1 N–H and O–H groups in total. The predicted octanol–water partition coefficient (Wildman–Crippen LogP) is 0.680. The van der Waals surface area contributed by atoms with Crippen LogP contribution in [0, 0.1) is 0 Å². The summed E-state index contributed by atoms with van der Waals surface area (Å²) in [5.74, 6) is -1.04. The van der Waals surface area contributed by atoms with Crippen molar-refractivity contribution in [1.82, 2.24) is 4.31 Å². The lowest BCUT2D eigenvalue weighted by molar-refractivity contribution is -0.137. The van der Waals surface area contributed by atoms with E-state index in [-0.39, 0.29) is 24.8 Å². The van der Waals surface area contributed by atoms with Crippen LogP contribution in [0.3, 0.4) is 0 Å². The first-order valence-electron chi connectivity index (χ1n) is 6.19. The van der Waals surface area contributed by atoms with Crippen molar-refractivity contribution in [2.45, 2.75) is 45.3 Å². The Kier molecular flexibility index (Phi) is 5.55. The molecule has 18 heavy (non-hydrogen) atoms. The monoisotopic (exact) mass is 279 g/mol. The highest BCUT2D eigenvalue weighted by molar-refractivity contribution is 7.89. The maximum atomic E-state index is 12.2. The van der Waals surface area contributed by atoms with Crippen LogP contribution in [0.4, 0.5) is 0 Å². The fourth-order valence-electron chi connectivity index (χ4n) is 2.24. The van der Waals surface area contributed by atoms with Crippen LogP contribution in [-0.2, 0) is 19.6 Å². The molecule has 0 spiro atoms. The highest BCUT2D eigenvalue weighted by Crippen LogP contribution is 2.18. The fourth-order valence-corrected chi connectivity index (χ4v) is 4.18. The summed E-state index contributed by atoms with van der Waals surface area (Å²) in [6.45, 7) is 4.22. The van der Waals surface area contributed by atoms with Gasteiger partial charge in [-0.25, -0.2) is 8.42 Å². The van der Waals surface area contributed by atoms with Crippen LogP contribution in [-0.4, -0.2) is 54.8 Å². The van der Waals surface area contributed by atoms with E-state index in [9.17, 15) is 13.2 Å². The SMILES string of the molecule is CCN(C(C)CC(=O)O)S(=O)(=O)CC1CCCO1. The average molecular weight is 279 g/mol. The lowest BCUT2D eigenvalue weighted by Gasteiger charge is -2.27. The van der Waals surface area contributed by atoms with Gasteiger partial charge >= 0.3 is 5.97 Å². The van der Waals surface area contributed by atoms with E-state index in [1.807, 2.05) is 0 Å². The van der Waals surface area contributed by atoms with E-state index in [4.69, 9.17) is 9.84 Å². The smallest absolute Gasteiger partial charge is 0.304 e. The molecule has 2 atom stereocenters. The Morgan fingerprint density at radius 1 is 1.56 bits per heavy atom. The van der Waals surface area contributed by atoms with Crippen LogP contribution in [0.25, 0.3) is 0 Å². The highest BCUT2D eigenvalue weighted by atomic mass is 32.2. The number of sulfonamides is 1. The summed E-state index contributed by atoms with van der Waals surface area (Å²) in [6, 6.07) is -0.529. The Balaban J connectivity index is 2.69. The van der Waals surface area contributed by atoms with Crippen molar-refractivity contribution in [2.75, 3.05) is 18.9 Å². The maximum Gasteiger partial charge on any atom is 0.304 e. The Morgan fingerprint density at radius 3 is 2.67 bits per heavy atom.